The van der Waals surface area contributed by atoms with Crippen LogP contribution in [0.4, 0.5) is 4.39 Å². The molecule has 1 heterocycles. The quantitative estimate of drug-likeness (QED) is 0.803. The number of nitrogens with zero attached hydrogens (tertiary/aromatic N) is 2. The first-order valence-corrected chi connectivity index (χ1v) is 9.12. The van der Waals surface area contributed by atoms with E-state index < -0.39 is 15.8 Å². The Morgan fingerprint density at radius 2 is 2.00 bits per heavy atom. The molecule has 0 spiro atoms. The summed E-state index contributed by atoms with van der Waals surface area (Å²) in [5.74, 6) is -0.496. The summed E-state index contributed by atoms with van der Waals surface area (Å²) in [6.07, 6.45) is 0. The molecule has 0 aliphatic carbocycles. The molecule has 1 aromatic carbocycles. The van der Waals surface area contributed by atoms with Crippen LogP contribution < -0.4 is 4.72 Å². The number of carbonyl (C=O) groups excluding carboxylic acids is 1. The van der Waals surface area contributed by atoms with Gasteiger partial charge in [0.05, 0.1) is 0 Å². The lowest BCUT2D eigenvalue weighted by atomic mass is 10.2. The van der Waals surface area contributed by atoms with E-state index in [9.17, 15) is 17.6 Å². The summed E-state index contributed by atoms with van der Waals surface area (Å²) >= 11 is 0. The monoisotopic (exact) mass is 369 g/mol. The van der Waals surface area contributed by atoms with Crippen molar-refractivity contribution in [3.05, 3.63) is 47.1 Å². The molecule has 2 rings (SSSR count). The Labute approximate surface area is 145 Å². The number of hydrogen-bond acceptors (Lipinski definition) is 5. The number of carbonyl (C=O) groups is 1. The molecule has 0 bridgehead atoms. The largest absolute Gasteiger partial charge is 0.360 e. The topological polar surface area (TPSA) is 92.5 Å². The molecular formula is C16H20FN3O4S. The lowest BCUT2D eigenvalue weighted by Crippen LogP contribution is -2.37. The van der Waals surface area contributed by atoms with Crippen LogP contribution in [-0.2, 0) is 21.4 Å². The first kappa shape index (κ1) is 19.1. The first-order chi connectivity index (χ1) is 11.7. The number of amides is 1. The van der Waals surface area contributed by atoms with Crippen molar-refractivity contribution in [1.29, 1.82) is 0 Å². The summed E-state index contributed by atoms with van der Waals surface area (Å²) in [4.78, 5) is 13.1. The molecule has 0 saturated heterocycles. The minimum Gasteiger partial charge on any atom is -0.360 e. The van der Waals surface area contributed by atoms with Gasteiger partial charge in [0.25, 0.3) is 0 Å². The van der Waals surface area contributed by atoms with Crippen LogP contribution >= 0.6 is 0 Å². The molecule has 0 atom stereocenters. The molecule has 1 N–H and O–H groups in total. The van der Waals surface area contributed by atoms with E-state index in [2.05, 4.69) is 9.88 Å². The van der Waals surface area contributed by atoms with Gasteiger partial charge in [-0.1, -0.05) is 23.4 Å². The molecule has 2 aromatic rings. The van der Waals surface area contributed by atoms with Crippen molar-refractivity contribution in [1.82, 2.24) is 14.8 Å². The molecule has 0 fully saturated rings. The fourth-order valence-corrected chi connectivity index (χ4v) is 3.77. The number of halogens is 1. The predicted molar refractivity (Wildman–Crippen MR) is 88.7 cm³/mol. The summed E-state index contributed by atoms with van der Waals surface area (Å²) in [6.45, 7) is 4.55. The SMILES string of the molecule is CC(=O)N(CCNS(=O)(=O)c1c(C)noc1C)Cc1ccccc1F. The number of benzene rings is 1. The number of rotatable bonds is 7. The number of nitrogens with one attached hydrogen (secondary N) is 1. The van der Waals surface area contributed by atoms with Gasteiger partial charge < -0.3 is 9.42 Å². The lowest BCUT2D eigenvalue weighted by molar-refractivity contribution is -0.129. The molecule has 7 nitrogen and oxygen atoms in total. The van der Waals surface area contributed by atoms with Crippen molar-refractivity contribution < 1.29 is 22.1 Å². The highest BCUT2D eigenvalue weighted by Gasteiger charge is 2.24. The van der Waals surface area contributed by atoms with Crippen LogP contribution in [0.2, 0.25) is 0 Å². The Bertz CT molecular complexity index is 845. The van der Waals surface area contributed by atoms with Gasteiger partial charge in [0.15, 0.2) is 5.76 Å². The van der Waals surface area contributed by atoms with E-state index in [1.165, 1.54) is 31.7 Å². The highest BCUT2D eigenvalue weighted by molar-refractivity contribution is 7.89. The van der Waals surface area contributed by atoms with Crippen molar-refractivity contribution in [2.75, 3.05) is 13.1 Å². The first-order valence-electron chi connectivity index (χ1n) is 7.64. The fourth-order valence-electron chi connectivity index (χ4n) is 2.43. The number of aryl methyl sites for hydroxylation is 2. The zero-order valence-corrected chi connectivity index (χ0v) is 15.1. The zero-order chi connectivity index (χ0) is 18.6. The summed E-state index contributed by atoms with van der Waals surface area (Å²) in [7, 11) is -3.80. The van der Waals surface area contributed by atoms with E-state index in [4.69, 9.17) is 4.52 Å². The maximum absolute atomic E-state index is 13.7. The number of hydrogen-bond donors (Lipinski definition) is 1. The molecule has 0 radical (unpaired) electrons. The molecule has 0 saturated carbocycles. The van der Waals surface area contributed by atoms with Gasteiger partial charge in [0.1, 0.15) is 16.4 Å². The highest BCUT2D eigenvalue weighted by Crippen LogP contribution is 2.18. The van der Waals surface area contributed by atoms with E-state index in [1.54, 1.807) is 18.2 Å². The third-order valence-electron chi connectivity index (χ3n) is 3.67. The minimum absolute atomic E-state index is 0.00372. The van der Waals surface area contributed by atoms with Crippen LogP contribution in [0.5, 0.6) is 0 Å². The Morgan fingerprint density at radius 3 is 2.56 bits per heavy atom. The van der Waals surface area contributed by atoms with Gasteiger partial charge in [-0.2, -0.15) is 0 Å². The van der Waals surface area contributed by atoms with Gasteiger partial charge in [-0.25, -0.2) is 17.5 Å². The van der Waals surface area contributed by atoms with Crippen molar-refractivity contribution in [2.24, 2.45) is 0 Å². The normalized spacial score (nSPS) is 11.5. The van der Waals surface area contributed by atoms with Gasteiger partial charge in [-0.3, -0.25) is 4.79 Å². The second-order valence-electron chi connectivity index (χ2n) is 5.58. The third kappa shape index (κ3) is 4.64. The standard InChI is InChI=1S/C16H20FN3O4S/c1-11-16(12(2)24-19-11)25(22,23)18-8-9-20(13(3)21)10-14-6-4-5-7-15(14)17/h4-7,18H,8-10H2,1-3H3. The van der Waals surface area contributed by atoms with E-state index in [-0.39, 0.29) is 41.9 Å². The highest BCUT2D eigenvalue weighted by atomic mass is 32.2. The Kier molecular flexibility index (Phi) is 5.91. The summed E-state index contributed by atoms with van der Waals surface area (Å²) in [6, 6.07) is 6.14. The predicted octanol–water partition coefficient (Wildman–Crippen LogP) is 1.76. The van der Waals surface area contributed by atoms with Crippen LogP contribution in [0.3, 0.4) is 0 Å². The van der Waals surface area contributed by atoms with Crippen LogP contribution in [0, 0.1) is 19.7 Å². The lowest BCUT2D eigenvalue weighted by Gasteiger charge is -2.21. The minimum atomic E-state index is -3.80. The van der Waals surface area contributed by atoms with Crippen molar-refractivity contribution >= 4 is 15.9 Å². The fraction of sp³-hybridized carbons (Fsp3) is 0.375. The summed E-state index contributed by atoms with van der Waals surface area (Å²) < 4.78 is 45.7. The molecule has 0 aliphatic heterocycles. The number of sulfonamides is 1. The van der Waals surface area contributed by atoms with Gasteiger partial charge in [-0.15, -0.1) is 0 Å². The van der Waals surface area contributed by atoms with Crippen molar-refractivity contribution in [2.45, 2.75) is 32.2 Å². The van der Waals surface area contributed by atoms with Crippen LogP contribution in [0.15, 0.2) is 33.7 Å². The smallest absolute Gasteiger partial charge is 0.246 e. The van der Waals surface area contributed by atoms with Crippen molar-refractivity contribution in [3.8, 4) is 0 Å². The van der Waals surface area contributed by atoms with Crippen molar-refractivity contribution in [3.63, 3.8) is 0 Å². The van der Waals surface area contributed by atoms with Gasteiger partial charge in [-0.05, 0) is 19.9 Å². The van der Waals surface area contributed by atoms with E-state index in [0.717, 1.165) is 0 Å². The molecule has 1 amide bonds. The maximum atomic E-state index is 13.7. The second-order valence-corrected chi connectivity index (χ2v) is 7.29. The van der Waals surface area contributed by atoms with Crippen LogP contribution in [-0.4, -0.2) is 37.5 Å². The molecule has 9 heteroatoms. The molecule has 0 unspecified atom stereocenters. The molecular weight excluding hydrogens is 349 g/mol. The second kappa shape index (κ2) is 7.75. The van der Waals surface area contributed by atoms with E-state index >= 15 is 0 Å². The van der Waals surface area contributed by atoms with Gasteiger partial charge in [0, 0.05) is 32.1 Å². The summed E-state index contributed by atoms with van der Waals surface area (Å²) in [5, 5.41) is 3.62. The molecule has 0 aliphatic rings. The third-order valence-corrected chi connectivity index (χ3v) is 5.38. The van der Waals surface area contributed by atoms with Gasteiger partial charge in [0.2, 0.25) is 15.9 Å². The molecule has 25 heavy (non-hydrogen) atoms. The number of aromatic nitrogens is 1. The zero-order valence-electron chi connectivity index (χ0n) is 14.2. The Hall–Kier alpha value is -2.26. The van der Waals surface area contributed by atoms with E-state index in [0.29, 0.717) is 5.56 Å². The molecule has 1 aromatic heterocycles. The average Bonchev–Trinajstić information content (AvgIpc) is 2.87. The molecule has 136 valence electrons. The van der Waals surface area contributed by atoms with Gasteiger partial charge >= 0.3 is 0 Å². The van der Waals surface area contributed by atoms with E-state index in [1.807, 2.05) is 0 Å². The Morgan fingerprint density at radius 1 is 1.32 bits per heavy atom. The van der Waals surface area contributed by atoms with Crippen LogP contribution in [0.25, 0.3) is 0 Å². The van der Waals surface area contributed by atoms with Crippen LogP contribution in [0.1, 0.15) is 23.9 Å². The maximum Gasteiger partial charge on any atom is 0.246 e. The Balaban J connectivity index is 2.03. The summed E-state index contributed by atoms with van der Waals surface area (Å²) in [5.41, 5.74) is 0.631. The average molecular weight is 369 g/mol.